The van der Waals surface area contributed by atoms with E-state index in [0.29, 0.717) is 12.1 Å². The predicted molar refractivity (Wildman–Crippen MR) is 69.5 cm³/mol. The van der Waals surface area contributed by atoms with Gasteiger partial charge in [-0.3, -0.25) is 4.79 Å². The molecule has 0 aromatic heterocycles. The molecule has 1 amide bonds. The minimum absolute atomic E-state index is 0.282. The summed E-state index contributed by atoms with van der Waals surface area (Å²) >= 11 is 0. The summed E-state index contributed by atoms with van der Waals surface area (Å²) in [4.78, 5) is 23.3. The van der Waals surface area contributed by atoms with E-state index in [-0.39, 0.29) is 5.91 Å². The van der Waals surface area contributed by atoms with Crippen LogP contribution in [-0.4, -0.2) is 24.5 Å². The van der Waals surface area contributed by atoms with Crippen molar-refractivity contribution in [2.45, 2.75) is 33.8 Å². The van der Waals surface area contributed by atoms with Crippen molar-refractivity contribution in [3.63, 3.8) is 0 Å². The zero-order chi connectivity index (χ0) is 13.7. The number of nitrogens with one attached hydrogen (secondary N) is 1. The molecule has 18 heavy (non-hydrogen) atoms. The van der Waals surface area contributed by atoms with Crippen molar-refractivity contribution in [1.29, 1.82) is 0 Å². The molecule has 0 spiro atoms. The van der Waals surface area contributed by atoms with Crippen LogP contribution in [0.4, 0.5) is 0 Å². The van der Waals surface area contributed by atoms with Crippen LogP contribution in [0.25, 0.3) is 0 Å². The zero-order valence-electron chi connectivity index (χ0n) is 11.2. The molecule has 0 heterocycles. The summed E-state index contributed by atoms with van der Waals surface area (Å²) in [6.07, 6.45) is -0.779. The van der Waals surface area contributed by atoms with Gasteiger partial charge in [-0.25, -0.2) is 4.79 Å². The van der Waals surface area contributed by atoms with Gasteiger partial charge < -0.3 is 10.1 Å². The Balaban J connectivity index is 2.73. The topological polar surface area (TPSA) is 55.4 Å². The maximum Gasteiger partial charge on any atom is 0.338 e. The van der Waals surface area contributed by atoms with Gasteiger partial charge in [0.1, 0.15) is 0 Å². The fourth-order valence-corrected chi connectivity index (χ4v) is 1.69. The van der Waals surface area contributed by atoms with Crippen molar-refractivity contribution in [3.05, 3.63) is 34.9 Å². The number of rotatable bonds is 4. The molecule has 1 atom stereocenters. The normalized spacial score (nSPS) is 11.8. The van der Waals surface area contributed by atoms with E-state index >= 15 is 0 Å². The van der Waals surface area contributed by atoms with Crippen LogP contribution in [0, 0.1) is 13.8 Å². The first-order valence-electron chi connectivity index (χ1n) is 6.01. The molecule has 1 N–H and O–H groups in total. The first-order valence-corrected chi connectivity index (χ1v) is 6.01. The highest BCUT2D eigenvalue weighted by molar-refractivity contribution is 5.92. The molecule has 0 aliphatic heterocycles. The monoisotopic (exact) mass is 249 g/mol. The van der Waals surface area contributed by atoms with Crippen LogP contribution in [0.3, 0.4) is 0 Å². The number of aryl methyl sites for hydroxylation is 2. The molecule has 1 rings (SSSR count). The van der Waals surface area contributed by atoms with Crippen LogP contribution in [-0.2, 0) is 9.53 Å². The molecule has 1 aromatic rings. The van der Waals surface area contributed by atoms with Gasteiger partial charge >= 0.3 is 5.97 Å². The van der Waals surface area contributed by atoms with Gasteiger partial charge in [0, 0.05) is 6.54 Å². The third-order valence-corrected chi connectivity index (χ3v) is 2.46. The first kappa shape index (κ1) is 14.2. The Morgan fingerprint density at radius 1 is 1.22 bits per heavy atom. The van der Waals surface area contributed by atoms with Crippen LogP contribution in [0.1, 0.15) is 35.3 Å². The minimum Gasteiger partial charge on any atom is -0.449 e. The maximum absolute atomic E-state index is 11.9. The molecule has 0 radical (unpaired) electrons. The van der Waals surface area contributed by atoms with E-state index in [1.807, 2.05) is 26.8 Å². The fraction of sp³-hybridized carbons (Fsp3) is 0.429. The Labute approximate surface area is 107 Å². The number of amides is 1. The molecule has 0 aliphatic carbocycles. The van der Waals surface area contributed by atoms with Gasteiger partial charge in [-0.1, -0.05) is 17.2 Å². The number of hydrogen-bond donors (Lipinski definition) is 1. The molecule has 0 bridgehead atoms. The Morgan fingerprint density at radius 2 is 1.78 bits per heavy atom. The summed E-state index contributed by atoms with van der Waals surface area (Å²) in [6.45, 7) is 7.72. The van der Waals surface area contributed by atoms with Gasteiger partial charge in [-0.2, -0.15) is 0 Å². The van der Waals surface area contributed by atoms with Gasteiger partial charge in [0.25, 0.3) is 5.91 Å². The quantitative estimate of drug-likeness (QED) is 0.830. The summed E-state index contributed by atoms with van der Waals surface area (Å²) in [5.41, 5.74) is 2.46. The Bertz CT molecular complexity index is 434. The second-order valence-corrected chi connectivity index (χ2v) is 4.32. The number of likely N-dealkylation sites (N-methyl/N-ethyl adjacent to an activating group) is 1. The molecule has 4 nitrogen and oxygen atoms in total. The van der Waals surface area contributed by atoms with Crippen LogP contribution >= 0.6 is 0 Å². The van der Waals surface area contributed by atoms with Crippen LogP contribution < -0.4 is 5.32 Å². The molecular formula is C14H19NO3. The fourth-order valence-electron chi connectivity index (χ4n) is 1.69. The number of benzene rings is 1. The smallest absolute Gasteiger partial charge is 0.338 e. The summed E-state index contributed by atoms with van der Waals surface area (Å²) < 4.78 is 5.11. The lowest BCUT2D eigenvalue weighted by atomic mass is 10.1. The number of hydrogen-bond acceptors (Lipinski definition) is 3. The number of carbonyl (C=O) groups is 2. The van der Waals surface area contributed by atoms with Gasteiger partial charge in [-0.05, 0) is 39.8 Å². The average molecular weight is 249 g/mol. The van der Waals surface area contributed by atoms with Crippen LogP contribution in [0.2, 0.25) is 0 Å². The van der Waals surface area contributed by atoms with Crippen molar-refractivity contribution in [1.82, 2.24) is 5.32 Å². The van der Waals surface area contributed by atoms with Crippen molar-refractivity contribution in [2.24, 2.45) is 0 Å². The third kappa shape index (κ3) is 3.87. The van der Waals surface area contributed by atoms with E-state index in [2.05, 4.69) is 5.32 Å². The summed E-state index contributed by atoms with van der Waals surface area (Å²) in [5.74, 6) is -0.754. The van der Waals surface area contributed by atoms with E-state index in [9.17, 15) is 9.59 Å². The van der Waals surface area contributed by atoms with Gasteiger partial charge in [0.2, 0.25) is 0 Å². The van der Waals surface area contributed by atoms with Gasteiger partial charge in [-0.15, -0.1) is 0 Å². The van der Waals surface area contributed by atoms with Crippen molar-refractivity contribution >= 4 is 11.9 Å². The molecular weight excluding hydrogens is 230 g/mol. The molecule has 0 saturated carbocycles. The summed E-state index contributed by atoms with van der Waals surface area (Å²) in [5, 5.41) is 2.61. The van der Waals surface area contributed by atoms with Gasteiger partial charge in [0.15, 0.2) is 6.10 Å². The molecule has 4 heteroatoms. The highest BCUT2D eigenvalue weighted by atomic mass is 16.5. The standard InChI is InChI=1S/C14H19NO3/c1-5-15-13(16)11(4)18-14(17)12-7-9(2)6-10(3)8-12/h6-8,11H,5H2,1-4H3,(H,15,16)/t11-/m1/s1. The lowest BCUT2D eigenvalue weighted by Crippen LogP contribution is -2.35. The van der Waals surface area contributed by atoms with Crippen LogP contribution in [0.5, 0.6) is 0 Å². The van der Waals surface area contributed by atoms with E-state index in [1.165, 1.54) is 0 Å². The lowest BCUT2D eigenvalue weighted by molar-refractivity contribution is -0.128. The molecule has 0 unspecified atom stereocenters. The Kier molecular flexibility index (Phi) is 4.89. The van der Waals surface area contributed by atoms with Crippen LogP contribution in [0.15, 0.2) is 18.2 Å². The molecule has 0 saturated heterocycles. The second kappa shape index (κ2) is 6.19. The molecule has 0 aliphatic rings. The van der Waals surface area contributed by atoms with E-state index < -0.39 is 12.1 Å². The van der Waals surface area contributed by atoms with E-state index in [1.54, 1.807) is 19.1 Å². The predicted octanol–water partition coefficient (Wildman–Crippen LogP) is 1.98. The summed E-state index contributed by atoms with van der Waals surface area (Å²) in [6, 6.07) is 5.48. The highest BCUT2D eigenvalue weighted by Gasteiger charge is 2.18. The van der Waals surface area contributed by atoms with Crippen molar-refractivity contribution < 1.29 is 14.3 Å². The minimum atomic E-state index is -0.779. The number of ether oxygens (including phenoxy) is 1. The molecule has 0 fully saturated rings. The number of carbonyl (C=O) groups excluding carboxylic acids is 2. The Hall–Kier alpha value is -1.84. The average Bonchev–Trinajstić information content (AvgIpc) is 2.27. The second-order valence-electron chi connectivity index (χ2n) is 4.32. The third-order valence-electron chi connectivity index (χ3n) is 2.46. The zero-order valence-corrected chi connectivity index (χ0v) is 11.2. The van der Waals surface area contributed by atoms with E-state index in [4.69, 9.17) is 4.74 Å². The van der Waals surface area contributed by atoms with Gasteiger partial charge in [0.05, 0.1) is 5.56 Å². The first-order chi connectivity index (χ1) is 8.43. The molecule has 98 valence electrons. The van der Waals surface area contributed by atoms with E-state index in [0.717, 1.165) is 11.1 Å². The highest BCUT2D eigenvalue weighted by Crippen LogP contribution is 2.11. The van der Waals surface area contributed by atoms with Crippen molar-refractivity contribution in [3.8, 4) is 0 Å². The maximum atomic E-state index is 11.9. The number of esters is 1. The largest absolute Gasteiger partial charge is 0.449 e. The SMILES string of the molecule is CCNC(=O)[C@@H](C)OC(=O)c1cc(C)cc(C)c1. The summed E-state index contributed by atoms with van der Waals surface area (Å²) in [7, 11) is 0. The lowest BCUT2D eigenvalue weighted by Gasteiger charge is -2.13. The molecule has 1 aromatic carbocycles. The van der Waals surface area contributed by atoms with Crippen molar-refractivity contribution in [2.75, 3.05) is 6.54 Å². The Morgan fingerprint density at radius 3 is 2.28 bits per heavy atom.